The predicted molar refractivity (Wildman–Crippen MR) is 161 cm³/mol. The minimum Gasteiger partial charge on any atom is -0.508 e. The van der Waals surface area contributed by atoms with E-state index in [1.165, 1.54) is 0 Å². The van der Waals surface area contributed by atoms with Crippen LogP contribution in [0.3, 0.4) is 0 Å². The Morgan fingerprint density at radius 2 is 1.60 bits per heavy atom. The smallest absolute Gasteiger partial charge is 0.408 e. The van der Waals surface area contributed by atoms with Crippen molar-refractivity contribution >= 4 is 17.9 Å². The van der Waals surface area contributed by atoms with E-state index in [4.69, 9.17) is 4.74 Å². The van der Waals surface area contributed by atoms with Gasteiger partial charge >= 0.3 is 6.09 Å². The summed E-state index contributed by atoms with van der Waals surface area (Å²) in [7, 11) is 0. The van der Waals surface area contributed by atoms with E-state index in [-0.39, 0.29) is 23.5 Å². The van der Waals surface area contributed by atoms with Crippen molar-refractivity contribution in [3.8, 4) is 5.75 Å². The predicted octanol–water partition coefficient (Wildman–Crippen LogP) is 6.79. The third kappa shape index (κ3) is 12.2. The van der Waals surface area contributed by atoms with E-state index in [2.05, 4.69) is 24.5 Å². The van der Waals surface area contributed by atoms with Gasteiger partial charge in [0, 0.05) is 13.1 Å². The largest absolute Gasteiger partial charge is 0.508 e. The molecule has 8 nitrogen and oxygen atoms in total. The summed E-state index contributed by atoms with van der Waals surface area (Å²) in [5.41, 5.74) is 0.545. The van der Waals surface area contributed by atoms with Crippen LogP contribution in [0.5, 0.6) is 5.75 Å². The fourth-order valence-corrected chi connectivity index (χ4v) is 4.55. The van der Waals surface area contributed by atoms with Gasteiger partial charge in [-0.1, -0.05) is 78.7 Å². The van der Waals surface area contributed by atoms with Crippen molar-refractivity contribution in [1.82, 2.24) is 15.5 Å². The molecule has 1 rings (SSSR count). The minimum absolute atomic E-state index is 0.132. The van der Waals surface area contributed by atoms with Crippen molar-refractivity contribution in [2.75, 3.05) is 13.1 Å². The molecule has 228 valence electrons. The Kier molecular flexibility index (Phi) is 15.7. The van der Waals surface area contributed by atoms with Crippen LogP contribution in [0.25, 0.3) is 0 Å². The Hall–Kier alpha value is -2.77. The van der Waals surface area contributed by atoms with Gasteiger partial charge in [-0.2, -0.15) is 0 Å². The highest BCUT2D eigenvalue weighted by atomic mass is 16.6. The summed E-state index contributed by atoms with van der Waals surface area (Å²) in [4.78, 5) is 42.5. The summed E-state index contributed by atoms with van der Waals surface area (Å²) < 4.78 is 5.49. The van der Waals surface area contributed by atoms with E-state index >= 15 is 0 Å². The van der Waals surface area contributed by atoms with Gasteiger partial charge in [-0.25, -0.2) is 4.79 Å². The molecule has 1 aromatic rings. The second kappa shape index (κ2) is 17.8. The average molecular weight is 562 g/mol. The Labute approximate surface area is 242 Å². The Morgan fingerprint density at radius 3 is 2.17 bits per heavy atom. The molecular weight excluding hydrogens is 506 g/mol. The van der Waals surface area contributed by atoms with Crippen LogP contribution in [0.4, 0.5) is 4.79 Å². The number of phenols is 1. The van der Waals surface area contributed by atoms with Crippen LogP contribution in [-0.2, 0) is 14.3 Å². The number of benzene rings is 1. The van der Waals surface area contributed by atoms with Gasteiger partial charge in [0.1, 0.15) is 23.4 Å². The van der Waals surface area contributed by atoms with E-state index < -0.39 is 23.8 Å². The summed E-state index contributed by atoms with van der Waals surface area (Å²) in [6.45, 7) is 16.2. The van der Waals surface area contributed by atoms with E-state index in [0.29, 0.717) is 30.6 Å². The Morgan fingerprint density at radius 1 is 0.975 bits per heavy atom. The molecule has 3 unspecified atom stereocenters. The van der Waals surface area contributed by atoms with Gasteiger partial charge in [0.2, 0.25) is 11.8 Å². The number of phenolic OH excluding ortho intramolecular Hbond substituents is 1. The minimum atomic E-state index is -0.897. The third-order valence-corrected chi connectivity index (χ3v) is 7.11. The second-order valence-electron chi connectivity index (χ2n) is 11.9. The van der Waals surface area contributed by atoms with Crippen LogP contribution >= 0.6 is 0 Å². The molecule has 0 radical (unpaired) electrons. The molecule has 0 aliphatic heterocycles. The Bertz CT molecular complexity index is 928. The number of hydrogen-bond acceptors (Lipinski definition) is 5. The standard InChI is InChI=1S/C32H55N3O5/c1-9-12-14-15-17-21-35(30(38)27(23(4)11-3)34-31(39)40-32(6,7)8)28(29(37)33-20-16-13-10-2)25-18-19-26(36)24(5)22-25/h18-19,22-23,27-28,36H,9-17,20-21H2,1-8H3,(H,33,37)(H,34,39). The van der Waals surface area contributed by atoms with Crippen molar-refractivity contribution in [3.05, 3.63) is 29.3 Å². The zero-order chi connectivity index (χ0) is 30.3. The fraction of sp³-hybridized carbons (Fsp3) is 0.719. The Balaban J connectivity index is 3.50. The molecule has 0 saturated heterocycles. The summed E-state index contributed by atoms with van der Waals surface area (Å²) >= 11 is 0. The lowest BCUT2D eigenvalue weighted by Gasteiger charge is -2.36. The SMILES string of the molecule is CCCCCCCN(C(=O)C(NC(=O)OC(C)(C)C)C(C)CC)C(C(=O)NCCCCC)c1ccc(O)c(C)c1. The molecule has 0 aliphatic carbocycles. The van der Waals surface area contributed by atoms with Gasteiger partial charge in [0.25, 0.3) is 0 Å². The number of alkyl carbamates (subject to hydrolysis) is 1. The van der Waals surface area contributed by atoms with Gasteiger partial charge in [-0.3, -0.25) is 9.59 Å². The normalized spacial score (nSPS) is 13.7. The molecule has 1 aromatic carbocycles. The van der Waals surface area contributed by atoms with Gasteiger partial charge in [-0.05, 0) is 69.7 Å². The first-order valence-corrected chi connectivity index (χ1v) is 15.2. The number of aryl methyl sites for hydroxylation is 1. The summed E-state index contributed by atoms with van der Waals surface area (Å²) in [6, 6.07) is 3.28. The van der Waals surface area contributed by atoms with Crippen LogP contribution < -0.4 is 10.6 Å². The molecule has 0 aromatic heterocycles. The number of carbonyl (C=O) groups excluding carboxylic acids is 3. The molecular formula is C32H55N3O5. The van der Waals surface area contributed by atoms with E-state index in [1.54, 1.807) is 50.8 Å². The van der Waals surface area contributed by atoms with Gasteiger partial charge in [-0.15, -0.1) is 0 Å². The first-order valence-electron chi connectivity index (χ1n) is 15.2. The molecule has 0 aliphatic rings. The first-order chi connectivity index (χ1) is 18.9. The maximum absolute atomic E-state index is 14.3. The summed E-state index contributed by atoms with van der Waals surface area (Å²) in [5.74, 6) is -0.622. The van der Waals surface area contributed by atoms with Gasteiger partial charge < -0.3 is 25.4 Å². The first kappa shape index (κ1) is 35.3. The monoisotopic (exact) mass is 561 g/mol. The average Bonchev–Trinajstić information content (AvgIpc) is 2.89. The molecule has 0 fully saturated rings. The molecule has 40 heavy (non-hydrogen) atoms. The number of nitrogens with one attached hydrogen (secondary N) is 2. The van der Waals surface area contributed by atoms with Crippen LogP contribution in [-0.4, -0.2) is 52.6 Å². The molecule has 0 spiro atoms. The molecule has 3 N–H and O–H groups in total. The highest BCUT2D eigenvalue weighted by molar-refractivity contribution is 5.92. The van der Waals surface area contributed by atoms with Crippen molar-refractivity contribution in [2.24, 2.45) is 5.92 Å². The third-order valence-electron chi connectivity index (χ3n) is 7.11. The molecule has 0 bridgehead atoms. The number of amides is 3. The molecule has 3 atom stereocenters. The summed E-state index contributed by atoms with van der Waals surface area (Å²) in [5, 5.41) is 16.0. The quantitative estimate of drug-likeness (QED) is 0.182. The number of nitrogens with zero attached hydrogens (tertiary/aromatic N) is 1. The maximum atomic E-state index is 14.3. The highest BCUT2D eigenvalue weighted by Crippen LogP contribution is 2.28. The van der Waals surface area contributed by atoms with Crippen LogP contribution in [0.15, 0.2) is 18.2 Å². The number of aromatic hydroxyl groups is 1. The van der Waals surface area contributed by atoms with Crippen molar-refractivity contribution in [1.29, 1.82) is 0 Å². The van der Waals surface area contributed by atoms with E-state index in [9.17, 15) is 19.5 Å². The lowest BCUT2D eigenvalue weighted by molar-refractivity contribution is -0.143. The lowest BCUT2D eigenvalue weighted by atomic mass is 9.95. The van der Waals surface area contributed by atoms with Crippen LogP contribution in [0.1, 0.15) is 123 Å². The number of hydrogen-bond donors (Lipinski definition) is 3. The fourth-order valence-electron chi connectivity index (χ4n) is 4.55. The van der Waals surface area contributed by atoms with Crippen molar-refractivity contribution < 1.29 is 24.2 Å². The highest BCUT2D eigenvalue weighted by Gasteiger charge is 2.38. The van der Waals surface area contributed by atoms with Crippen molar-refractivity contribution in [3.63, 3.8) is 0 Å². The van der Waals surface area contributed by atoms with E-state index in [1.807, 2.05) is 13.8 Å². The van der Waals surface area contributed by atoms with Gasteiger partial charge in [0.05, 0.1) is 0 Å². The molecule has 0 heterocycles. The molecule has 3 amide bonds. The summed E-state index contributed by atoms with van der Waals surface area (Å²) in [6.07, 6.45) is 7.83. The van der Waals surface area contributed by atoms with Crippen LogP contribution in [0, 0.1) is 12.8 Å². The number of ether oxygens (including phenoxy) is 1. The zero-order valence-electron chi connectivity index (χ0n) is 26.3. The molecule has 0 saturated carbocycles. The van der Waals surface area contributed by atoms with E-state index in [0.717, 1.165) is 51.4 Å². The number of unbranched alkanes of at least 4 members (excludes halogenated alkanes) is 6. The number of carbonyl (C=O) groups is 3. The molecule has 8 heteroatoms. The lowest BCUT2D eigenvalue weighted by Crippen LogP contribution is -2.55. The topological polar surface area (TPSA) is 108 Å². The van der Waals surface area contributed by atoms with Crippen LogP contribution in [0.2, 0.25) is 0 Å². The number of rotatable bonds is 17. The zero-order valence-corrected chi connectivity index (χ0v) is 26.3. The second-order valence-corrected chi connectivity index (χ2v) is 11.9. The van der Waals surface area contributed by atoms with Crippen molar-refractivity contribution in [2.45, 2.75) is 131 Å². The maximum Gasteiger partial charge on any atom is 0.408 e. The van der Waals surface area contributed by atoms with Gasteiger partial charge in [0.15, 0.2) is 0 Å².